The summed E-state index contributed by atoms with van der Waals surface area (Å²) in [6.45, 7) is 5.96. The van der Waals surface area contributed by atoms with Gasteiger partial charge < -0.3 is 15.0 Å². The van der Waals surface area contributed by atoms with Gasteiger partial charge in [0.25, 0.3) is 0 Å². The third-order valence-corrected chi connectivity index (χ3v) is 2.51. The van der Waals surface area contributed by atoms with Gasteiger partial charge in [-0.05, 0) is 26.3 Å². The van der Waals surface area contributed by atoms with Crippen molar-refractivity contribution in [3.63, 3.8) is 0 Å². The zero-order valence-electron chi connectivity index (χ0n) is 9.05. The molecule has 0 amide bonds. The minimum atomic E-state index is -0.358. The van der Waals surface area contributed by atoms with Crippen molar-refractivity contribution in [2.24, 2.45) is 7.05 Å². The molecule has 0 unspecified atom stereocenters. The zero-order chi connectivity index (χ0) is 10.9. The maximum absolute atomic E-state index is 11.5. The quantitative estimate of drug-likeness (QED) is 0.727. The zero-order valence-corrected chi connectivity index (χ0v) is 9.05. The van der Waals surface area contributed by atoms with Gasteiger partial charge in [0.05, 0.1) is 12.3 Å². The minimum Gasteiger partial charge on any atom is -0.461 e. The largest absolute Gasteiger partial charge is 0.461 e. The van der Waals surface area contributed by atoms with Crippen molar-refractivity contribution in [2.45, 2.75) is 20.8 Å². The Kier molecular flexibility index (Phi) is 2.84. The maximum Gasteiger partial charge on any atom is 0.357 e. The van der Waals surface area contributed by atoms with Crippen molar-refractivity contribution >= 4 is 11.7 Å². The van der Waals surface area contributed by atoms with Gasteiger partial charge in [-0.15, -0.1) is 0 Å². The van der Waals surface area contributed by atoms with E-state index in [2.05, 4.69) is 0 Å². The maximum atomic E-state index is 11.5. The molecule has 0 aliphatic carbocycles. The number of carbonyl (C=O) groups excluding carboxylic acids is 1. The highest BCUT2D eigenvalue weighted by atomic mass is 16.5. The Hall–Kier alpha value is -1.45. The number of nitrogens with zero attached hydrogens (tertiary/aromatic N) is 1. The molecule has 1 rings (SSSR count). The predicted octanol–water partition coefficient (Wildman–Crippen LogP) is 1.40. The lowest BCUT2D eigenvalue weighted by atomic mass is 10.2. The highest BCUT2D eigenvalue weighted by molar-refractivity contribution is 5.94. The van der Waals surface area contributed by atoms with Crippen LogP contribution in [0.4, 0.5) is 5.69 Å². The molecule has 0 bridgehead atoms. The van der Waals surface area contributed by atoms with Crippen molar-refractivity contribution < 1.29 is 9.53 Å². The molecule has 1 heterocycles. The Bertz CT molecular complexity index is 341. The van der Waals surface area contributed by atoms with E-state index in [1.165, 1.54) is 0 Å². The number of esters is 1. The van der Waals surface area contributed by atoms with E-state index in [-0.39, 0.29) is 5.97 Å². The minimum absolute atomic E-state index is 0.358. The lowest BCUT2D eigenvalue weighted by Crippen LogP contribution is -2.12. The van der Waals surface area contributed by atoms with E-state index < -0.39 is 0 Å². The van der Waals surface area contributed by atoms with Crippen LogP contribution < -0.4 is 5.73 Å². The van der Waals surface area contributed by atoms with Crippen LogP contribution in [0, 0.1) is 13.8 Å². The molecule has 14 heavy (non-hydrogen) atoms. The predicted molar refractivity (Wildman–Crippen MR) is 55.3 cm³/mol. The Morgan fingerprint density at radius 1 is 1.50 bits per heavy atom. The fourth-order valence-electron chi connectivity index (χ4n) is 1.42. The average Bonchev–Trinajstić information content (AvgIpc) is 2.32. The number of nitrogen functional groups attached to an aromatic ring is 1. The number of anilines is 1. The van der Waals surface area contributed by atoms with Crippen LogP contribution in [-0.2, 0) is 11.8 Å². The van der Waals surface area contributed by atoms with Crippen LogP contribution in [0.15, 0.2) is 0 Å². The molecular weight excluding hydrogens is 180 g/mol. The Morgan fingerprint density at radius 3 is 2.43 bits per heavy atom. The smallest absolute Gasteiger partial charge is 0.357 e. The normalized spacial score (nSPS) is 10.3. The highest BCUT2D eigenvalue weighted by Gasteiger charge is 2.19. The molecule has 0 aromatic carbocycles. The van der Waals surface area contributed by atoms with Crippen molar-refractivity contribution in [3.05, 3.63) is 17.0 Å². The second-order valence-electron chi connectivity index (χ2n) is 3.25. The van der Waals surface area contributed by atoms with E-state index in [1.54, 1.807) is 11.5 Å². The molecule has 0 saturated heterocycles. The van der Waals surface area contributed by atoms with Gasteiger partial charge in [-0.1, -0.05) is 0 Å². The number of aromatic nitrogens is 1. The first-order valence-corrected chi connectivity index (χ1v) is 4.59. The summed E-state index contributed by atoms with van der Waals surface area (Å²) in [4.78, 5) is 11.5. The second kappa shape index (κ2) is 3.74. The van der Waals surface area contributed by atoms with Crippen LogP contribution in [0.3, 0.4) is 0 Å². The molecule has 2 N–H and O–H groups in total. The third kappa shape index (κ3) is 1.47. The van der Waals surface area contributed by atoms with E-state index >= 15 is 0 Å². The summed E-state index contributed by atoms with van der Waals surface area (Å²) in [7, 11) is 1.81. The van der Waals surface area contributed by atoms with Crippen LogP contribution in [-0.4, -0.2) is 17.1 Å². The summed E-state index contributed by atoms with van der Waals surface area (Å²) < 4.78 is 6.68. The number of rotatable bonds is 2. The Morgan fingerprint density at radius 2 is 2.07 bits per heavy atom. The number of nitrogens with two attached hydrogens (primary N) is 1. The van der Waals surface area contributed by atoms with Gasteiger partial charge in [0.1, 0.15) is 0 Å². The molecule has 0 radical (unpaired) electrons. The summed E-state index contributed by atoms with van der Waals surface area (Å²) >= 11 is 0. The van der Waals surface area contributed by atoms with Crippen LogP contribution in [0.5, 0.6) is 0 Å². The first kappa shape index (κ1) is 10.6. The SMILES string of the molecule is CCOC(=O)c1c(N)c(C)c(C)n1C. The fraction of sp³-hybridized carbons (Fsp3) is 0.500. The Balaban J connectivity index is 3.21. The monoisotopic (exact) mass is 196 g/mol. The van der Waals surface area contributed by atoms with E-state index in [1.807, 2.05) is 20.9 Å². The van der Waals surface area contributed by atoms with Gasteiger partial charge in [-0.3, -0.25) is 0 Å². The van der Waals surface area contributed by atoms with Crippen molar-refractivity contribution in [1.29, 1.82) is 0 Å². The first-order valence-electron chi connectivity index (χ1n) is 4.59. The van der Waals surface area contributed by atoms with Gasteiger partial charge in [0.2, 0.25) is 0 Å². The van der Waals surface area contributed by atoms with E-state index in [4.69, 9.17) is 10.5 Å². The fourth-order valence-corrected chi connectivity index (χ4v) is 1.42. The van der Waals surface area contributed by atoms with Crippen LogP contribution in [0.2, 0.25) is 0 Å². The molecule has 0 fully saturated rings. The second-order valence-corrected chi connectivity index (χ2v) is 3.25. The number of carbonyl (C=O) groups is 1. The molecule has 0 saturated carbocycles. The van der Waals surface area contributed by atoms with Gasteiger partial charge >= 0.3 is 5.97 Å². The molecule has 4 heteroatoms. The van der Waals surface area contributed by atoms with Gasteiger partial charge in [-0.2, -0.15) is 0 Å². The molecule has 0 aliphatic rings. The first-order chi connectivity index (χ1) is 6.50. The van der Waals surface area contributed by atoms with E-state index in [0.29, 0.717) is 18.0 Å². The summed E-state index contributed by atoms with van der Waals surface area (Å²) in [6, 6.07) is 0. The lowest BCUT2D eigenvalue weighted by Gasteiger charge is -2.04. The lowest BCUT2D eigenvalue weighted by molar-refractivity contribution is 0.0516. The summed E-state index contributed by atoms with van der Waals surface area (Å²) in [5.41, 5.74) is 8.71. The summed E-state index contributed by atoms with van der Waals surface area (Å²) in [5, 5.41) is 0. The third-order valence-electron chi connectivity index (χ3n) is 2.51. The highest BCUT2D eigenvalue weighted by Crippen LogP contribution is 2.23. The van der Waals surface area contributed by atoms with Gasteiger partial charge in [-0.25, -0.2) is 4.79 Å². The molecule has 0 atom stereocenters. The molecule has 0 aliphatic heterocycles. The number of hydrogen-bond donors (Lipinski definition) is 1. The van der Waals surface area contributed by atoms with Crippen LogP contribution in [0.25, 0.3) is 0 Å². The molecule has 4 nitrogen and oxygen atoms in total. The van der Waals surface area contributed by atoms with E-state index in [9.17, 15) is 4.79 Å². The molecule has 78 valence electrons. The van der Waals surface area contributed by atoms with Crippen LogP contribution >= 0.6 is 0 Å². The molecular formula is C10H16N2O2. The van der Waals surface area contributed by atoms with Crippen molar-refractivity contribution in [3.8, 4) is 0 Å². The van der Waals surface area contributed by atoms with Crippen molar-refractivity contribution in [2.75, 3.05) is 12.3 Å². The molecule has 0 spiro atoms. The molecule has 1 aromatic rings. The van der Waals surface area contributed by atoms with E-state index in [0.717, 1.165) is 11.3 Å². The number of ether oxygens (including phenoxy) is 1. The molecule has 1 aromatic heterocycles. The summed E-state index contributed by atoms with van der Waals surface area (Å²) in [5.74, 6) is -0.358. The van der Waals surface area contributed by atoms with Gasteiger partial charge in [0, 0.05) is 12.7 Å². The number of hydrogen-bond acceptors (Lipinski definition) is 3. The van der Waals surface area contributed by atoms with Crippen LogP contribution in [0.1, 0.15) is 28.7 Å². The standard InChI is InChI=1S/C10H16N2O2/c1-5-14-10(13)9-8(11)6(2)7(3)12(9)4/h5,11H2,1-4H3. The Labute approximate surface area is 83.7 Å². The average molecular weight is 196 g/mol. The topological polar surface area (TPSA) is 57.2 Å². The van der Waals surface area contributed by atoms with Crippen molar-refractivity contribution in [1.82, 2.24) is 4.57 Å². The van der Waals surface area contributed by atoms with Gasteiger partial charge in [0.15, 0.2) is 5.69 Å². The summed E-state index contributed by atoms with van der Waals surface area (Å²) in [6.07, 6.45) is 0.